The molecular formula is C11H13NO3S. The van der Waals surface area contributed by atoms with Crippen molar-refractivity contribution in [3.05, 3.63) is 35.9 Å². The molecule has 1 aliphatic rings. The van der Waals surface area contributed by atoms with Crippen LogP contribution in [0.15, 0.2) is 30.3 Å². The Labute approximate surface area is 97.7 Å². The number of benzene rings is 1. The molecule has 1 saturated heterocycles. The van der Waals surface area contributed by atoms with Crippen LogP contribution in [0.25, 0.3) is 0 Å². The minimum Gasteiger partial charge on any atom is -0.356 e. The molecule has 1 aliphatic heterocycles. The van der Waals surface area contributed by atoms with Crippen LogP contribution in [-0.2, 0) is 0 Å². The number of hydrogen-bond donors (Lipinski definition) is 3. The number of nitrogens with one attached hydrogen (secondary N) is 1. The molecule has 1 aromatic carbocycles. The van der Waals surface area contributed by atoms with Gasteiger partial charge in [0, 0.05) is 11.3 Å². The van der Waals surface area contributed by atoms with Crippen molar-refractivity contribution < 1.29 is 15.0 Å². The lowest BCUT2D eigenvalue weighted by atomic mass is 10.1. The molecule has 3 N–H and O–H groups in total. The molecule has 1 heterocycles. The number of carbonyl (C=O) groups is 1. The fraction of sp³-hybridized carbons (Fsp3) is 0.364. The minimum atomic E-state index is -1.84. The molecule has 0 radical (unpaired) electrons. The van der Waals surface area contributed by atoms with Crippen LogP contribution in [0, 0.1) is 0 Å². The third kappa shape index (κ3) is 2.37. The van der Waals surface area contributed by atoms with Crippen LogP contribution in [0.4, 0.5) is 0 Å². The molecule has 1 aromatic rings. The first-order valence-electron chi connectivity index (χ1n) is 5.04. The van der Waals surface area contributed by atoms with Gasteiger partial charge in [-0.25, -0.2) is 0 Å². The summed E-state index contributed by atoms with van der Waals surface area (Å²) in [5.74, 6) is 0.354. The largest absolute Gasteiger partial charge is 0.356 e. The van der Waals surface area contributed by atoms with Crippen molar-refractivity contribution in [2.24, 2.45) is 0 Å². The molecule has 1 amide bonds. The van der Waals surface area contributed by atoms with Crippen molar-refractivity contribution >= 4 is 17.7 Å². The molecule has 0 spiro atoms. The van der Waals surface area contributed by atoms with E-state index in [1.165, 1.54) is 0 Å². The second kappa shape index (κ2) is 4.45. The normalized spacial score (nSPS) is 23.0. The van der Waals surface area contributed by atoms with Gasteiger partial charge in [-0.3, -0.25) is 4.79 Å². The van der Waals surface area contributed by atoms with Crippen molar-refractivity contribution in [3.63, 3.8) is 0 Å². The first-order valence-corrected chi connectivity index (χ1v) is 6.03. The molecule has 2 rings (SSSR count). The summed E-state index contributed by atoms with van der Waals surface area (Å²) in [5.41, 5.74) is 0.523. The Bertz CT molecular complexity index is 380. The van der Waals surface area contributed by atoms with E-state index in [-0.39, 0.29) is 5.91 Å². The lowest BCUT2D eigenvalue weighted by Gasteiger charge is -2.23. The summed E-state index contributed by atoms with van der Waals surface area (Å²) in [6, 6.07) is 8.13. The lowest BCUT2D eigenvalue weighted by molar-refractivity contribution is -0.0943. The van der Waals surface area contributed by atoms with Crippen molar-refractivity contribution in [2.45, 2.75) is 17.6 Å². The van der Waals surface area contributed by atoms with Crippen molar-refractivity contribution in [2.75, 3.05) is 5.75 Å². The fourth-order valence-corrected chi connectivity index (χ4v) is 2.64. The van der Waals surface area contributed by atoms with Gasteiger partial charge in [0.1, 0.15) is 0 Å². The molecule has 0 aromatic heterocycles. The highest BCUT2D eigenvalue weighted by atomic mass is 32.2. The van der Waals surface area contributed by atoms with Gasteiger partial charge in [0.25, 0.3) is 5.91 Å². The maximum absolute atomic E-state index is 11.7. The van der Waals surface area contributed by atoms with Crippen LogP contribution in [-0.4, -0.2) is 33.0 Å². The predicted octanol–water partition coefficient (Wildman–Crippen LogP) is 0.560. The summed E-state index contributed by atoms with van der Waals surface area (Å²) in [7, 11) is 0. The number of thioether (sulfide) groups is 1. The maximum atomic E-state index is 11.7. The number of rotatable bonds is 2. The minimum absolute atomic E-state index is 0.277. The van der Waals surface area contributed by atoms with Gasteiger partial charge in [0.2, 0.25) is 5.12 Å². The molecule has 0 saturated carbocycles. The molecule has 1 fully saturated rings. The van der Waals surface area contributed by atoms with E-state index in [4.69, 9.17) is 0 Å². The lowest BCUT2D eigenvalue weighted by Crippen LogP contribution is -2.47. The highest BCUT2D eigenvalue weighted by Gasteiger charge is 2.41. The Morgan fingerprint density at radius 3 is 2.62 bits per heavy atom. The van der Waals surface area contributed by atoms with Gasteiger partial charge < -0.3 is 15.5 Å². The standard InChI is InChI=1S/C11H13NO3S/c13-10(8-4-2-1-3-5-8)12-9-6-7-16-11(9,14)15/h1-5,9,14-15H,6-7H2,(H,12,13)/t9-/m1/s1. The summed E-state index contributed by atoms with van der Waals surface area (Å²) in [5, 5.41) is 19.9. The Morgan fingerprint density at radius 2 is 2.06 bits per heavy atom. The SMILES string of the molecule is O=C(N[C@@H]1CCSC1(O)O)c1ccccc1. The Morgan fingerprint density at radius 1 is 1.38 bits per heavy atom. The zero-order valence-corrected chi connectivity index (χ0v) is 9.41. The summed E-state index contributed by atoms with van der Waals surface area (Å²) in [6.45, 7) is 0. The summed E-state index contributed by atoms with van der Waals surface area (Å²) < 4.78 is 0. The van der Waals surface area contributed by atoms with E-state index >= 15 is 0 Å². The van der Waals surface area contributed by atoms with E-state index < -0.39 is 11.2 Å². The van der Waals surface area contributed by atoms with E-state index in [2.05, 4.69) is 5.32 Å². The van der Waals surface area contributed by atoms with Crippen LogP contribution in [0.1, 0.15) is 16.8 Å². The molecule has 86 valence electrons. The smallest absolute Gasteiger partial charge is 0.251 e. The van der Waals surface area contributed by atoms with Crippen molar-refractivity contribution in [3.8, 4) is 0 Å². The Hall–Kier alpha value is -1.04. The van der Waals surface area contributed by atoms with Gasteiger partial charge in [-0.2, -0.15) is 0 Å². The van der Waals surface area contributed by atoms with Gasteiger partial charge in [0.05, 0.1) is 6.04 Å². The van der Waals surface area contributed by atoms with Crippen molar-refractivity contribution in [1.82, 2.24) is 5.32 Å². The molecule has 0 bridgehead atoms. The zero-order valence-electron chi connectivity index (χ0n) is 8.59. The molecular weight excluding hydrogens is 226 g/mol. The van der Waals surface area contributed by atoms with Crippen LogP contribution in [0.2, 0.25) is 0 Å². The van der Waals surface area contributed by atoms with Gasteiger partial charge in [-0.05, 0) is 18.6 Å². The van der Waals surface area contributed by atoms with Crippen LogP contribution in [0.3, 0.4) is 0 Å². The molecule has 0 aliphatic carbocycles. The highest BCUT2D eigenvalue weighted by Crippen LogP contribution is 2.33. The summed E-state index contributed by atoms with van der Waals surface area (Å²) in [6.07, 6.45) is 0.566. The third-order valence-electron chi connectivity index (χ3n) is 2.52. The molecule has 4 nitrogen and oxygen atoms in total. The Balaban J connectivity index is 2.03. The number of amides is 1. The van der Waals surface area contributed by atoms with Crippen LogP contribution in [0.5, 0.6) is 0 Å². The molecule has 16 heavy (non-hydrogen) atoms. The third-order valence-corrected chi connectivity index (χ3v) is 3.67. The number of carbonyl (C=O) groups excluding carboxylic acids is 1. The topological polar surface area (TPSA) is 69.6 Å². The average molecular weight is 239 g/mol. The quantitative estimate of drug-likeness (QED) is 0.660. The van der Waals surface area contributed by atoms with Crippen LogP contribution >= 0.6 is 11.8 Å². The fourth-order valence-electron chi connectivity index (χ4n) is 1.61. The maximum Gasteiger partial charge on any atom is 0.251 e. The number of aliphatic hydroxyl groups is 2. The Kier molecular flexibility index (Phi) is 3.18. The first kappa shape index (κ1) is 11.4. The first-order chi connectivity index (χ1) is 7.59. The predicted molar refractivity (Wildman–Crippen MR) is 61.9 cm³/mol. The van der Waals surface area contributed by atoms with E-state index in [1.54, 1.807) is 24.3 Å². The van der Waals surface area contributed by atoms with Crippen molar-refractivity contribution in [1.29, 1.82) is 0 Å². The van der Waals surface area contributed by atoms with E-state index in [1.807, 2.05) is 6.07 Å². The summed E-state index contributed by atoms with van der Waals surface area (Å²) in [4.78, 5) is 11.7. The van der Waals surface area contributed by atoms with Gasteiger partial charge in [0.15, 0.2) is 0 Å². The number of hydrogen-bond acceptors (Lipinski definition) is 4. The molecule has 0 unspecified atom stereocenters. The van der Waals surface area contributed by atoms with Gasteiger partial charge in [-0.15, -0.1) is 0 Å². The second-order valence-corrected chi connectivity index (χ2v) is 4.99. The zero-order chi connectivity index (χ0) is 11.6. The average Bonchev–Trinajstić information content (AvgIpc) is 2.59. The van der Waals surface area contributed by atoms with Crippen LogP contribution < -0.4 is 5.32 Å². The van der Waals surface area contributed by atoms with Gasteiger partial charge in [-0.1, -0.05) is 30.0 Å². The van der Waals surface area contributed by atoms with E-state index in [0.717, 1.165) is 11.8 Å². The second-order valence-electron chi connectivity index (χ2n) is 3.69. The molecule has 5 heteroatoms. The molecule has 1 atom stereocenters. The van der Waals surface area contributed by atoms with Gasteiger partial charge >= 0.3 is 0 Å². The van der Waals surface area contributed by atoms with E-state index in [0.29, 0.717) is 17.7 Å². The summed E-state index contributed by atoms with van der Waals surface area (Å²) >= 11 is 1.04. The van der Waals surface area contributed by atoms with E-state index in [9.17, 15) is 15.0 Å². The monoisotopic (exact) mass is 239 g/mol. The highest BCUT2D eigenvalue weighted by molar-refractivity contribution is 8.00.